The van der Waals surface area contributed by atoms with E-state index < -0.39 is 0 Å². The van der Waals surface area contributed by atoms with E-state index >= 15 is 0 Å². The quantitative estimate of drug-likeness (QED) is 0.649. The van der Waals surface area contributed by atoms with E-state index in [0.717, 1.165) is 10.9 Å². The third-order valence-electron chi connectivity index (χ3n) is 4.14. The molecule has 2 nitrogen and oxygen atoms in total. The predicted octanol–water partition coefficient (Wildman–Crippen LogP) is 3.63. The van der Waals surface area contributed by atoms with Crippen LogP contribution in [0.15, 0.2) is 59.1 Å². The molecular formula is C17H19BrN2. The van der Waals surface area contributed by atoms with Crippen LogP contribution in [-0.2, 0) is 6.42 Å². The van der Waals surface area contributed by atoms with Gasteiger partial charge in [-0.15, -0.1) is 0 Å². The summed E-state index contributed by atoms with van der Waals surface area (Å²) >= 11 is 3.52. The summed E-state index contributed by atoms with van der Waals surface area (Å²) in [4.78, 5) is 0. The van der Waals surface area contributed by atoms with Gasteiger partial charge in [0, 0.05) is 10.5 Å². The molecule has 0 amide bonds. The molecule has 3 unspecified atom stereocenters. The van der Waals surface area contributed by atoms with Gasteiger partial charge >= 0.3 is 0 Å². The Morgan fingerprint density at radius 3 is 2.65 bits per heavy atom. The number of nitrogens with two attached hydrogens (primary N) is 1. The van der Waals surface area contributed by atoms with Crippen LogP contribution < -0.4 is 11.3 Å². The lowest BCUT2D eigenvalue weighted by atomic mass is 9.99. The molecule has 0 radical (unpaired) electrons. The van der Waals surface area contributed by atoms with Crippen LogP contribution in [0.2, 0.25) is 0 Å². The van der Waals surface area contributed by atoms with E-state index in [-0.39, 0.29) is 0 Å². The lowest BCUT2D eigenvalue weighted by Crippen LogP contribution is -2.38. The zero-order valence-electron chi connectivity index (χ0n) is 11.3. The van der Waals surface area contributed by atoms with Gasteiger partial charge in [-0.2, -0.15) is 0 Å². The Balaban J connectivity index is 1.67. The normalized spacial score (nSPS) is 22.5. The molecule has 0 heterocycles. The van der Waals surface area contributed by atoms with Gasteiger partial charge in [0.2, 0.25) is 0 Å². The molecule has 3 N–H and O–H groups in total. The van der Waals surface area contributed by atoms with E-state index in [1.165, 1.54) is 17.5 Å². The topological polar surface area (TPSA) is 38.0 Å². The van der Waals surface area contributed by atoms with Gasteiger partial charge in [-0.1, -0.05) is 58.4 Å². The lowest BCUT2D eigenvalue weighted by Gasteiger charge is -2.16. The maximum absolute atomic E-state index is 5.78. The van der Waals surface area contributed by atoms with E-state index in [2.05, 4.69) is 76.0 Å². The number of rotatable bonds is 5. The highest BCUT2D eigenvalue weighted by atomic mass is 79.9. The van der Waals surface area contributed by atoms with Crippen molar-refractivity contribution in [3.05, 3.63) is 70.2 Å². The molecule has 1 saturated carbocycles. The summed E-state index contributed by atoms with van der Waals surface area (Å²) in [5.74, 6) is 7.08. The first-order valence-corrected chi connectivity index (χ1v) is 7.83. The van der Waals surface area contributed by atoms with E-state index in [4.69, 9.17) is 5.84 Å². The van der Waals surface area contributed by atoms with Crippen molar-refractivity contribution < 1.29 is 0 Å². The molecule has 0 aromatic heterocycles. The van der Waals surface area contributed by atoms with Crippen molar-refractivity contribution in [2.24, 2.45) is 11.8 Å². The summed E-state index contributed by atoms with van der Waals surface area (Å²) in [6.07, 6.45) is 2.21. The van der Waals surface area contributed by atoms with Crippen LogP contribution in [0.5, 0.6) is 0 Å². The van der Waals surface area contributed by atoms with Crippen molar-refractivity contribution in [3.63, 3.8) is 0 Å². The molecule has 1 aliphatic rings. The fourth-order valence-electron chi connectivity index (χ4n) is 2.99. The standard InChI is InChI=1S/C17H19BrN2/c18-14-8-4-5-12(9-14)10-17(20-19)16-11-15(16)13-6-2-1-3-7-13/h1-9,15-17,20H,10-11,19H2. The van der Waals surface area contributed by atoms with Gasteiger partial charge in [0.1, 0.15) is 0 Å². The molecule has 104 valence electrons. The Kier molecular flexibility index (Phi) is 4.20. The molecule has 20 heavy (non-hydrogen) atoms. The Labute approximate surface area is 128 Å². The molecule has 0 aliphatic heterocycles. The number of nitrogens with one attached hydrogen (secondary N) is 1. The number of hydrogen-bond donors (Lipinski definition) is 2. The predicted molar refractivity (Wildman–Crippen MR) is 86.2 cm³/mol. The minimum absolute atomic E-state index is 0.342. The van der Waals surface area contributed by atoms with Crippen molar-refractivity contribution in [2.75, 3.05) is 0 Å². The maximum atomic E-state index is 5.78. The maximum Gasteiger partial charge on any atom is 0.0285 e. The summed E-state index contributed by atoms with van der Waals surface area (Å²) in [6.45, 7) is 0. The van der Waals surface area contributed by atoms with E-state index in [1.54, 1.807) is 0 Å². The zero-order valence-corrected chi connectivity index (χ0v) is 12.9. The second kappa shape index (κ2) is 6.08. The highest BCUT2D eigenvalue weighted by Crippen LogP contribution is 2.49. The third-order valence-corrected chi connectivity index (χ3v) is 4.64. The first-order valence-electron chi connectivity index (χ1n) is 7.03. The number of hydrogen-bond acceptors (Lipinski definition) is 2. The lowest BCUT2D eigenvalue weighted by molar-refractivity contribution is 0.464. The molecule has 1 fully saturated rings. The van der Waals surface area contributed by atoms with Crippen LogP contribution in [0, 0.1) is 5.92 Å². The van der Waals surface area contributed by atoms with Crippen LogP contribution in [-0.4, -0.2) is 6.04 Å². The van der Waals surface area contributed by atoms with Gasteiger partial charge < -0.3 is 0 Å². The first kappa shape index (κ1) is 13.8. The second-order valence-corrected chi connectivity index (χ2v) is 6.44. The molecule has 1 aliphatic carbocycles. The van der Waals surface area contributed by atoms with Crippen LogP contribution >= 0.6 is 15.9 Å². The van der Waals surface area contributed by atoms with Crippen molar-refractivity contribution in [1.82, 2.24) is 5.43 Å². The molecule has 3 heteroatoms. The van der Waals surface area contributed by atoms with Gasteiger partial charge in [0.15, 0.2) is 0 Å². The van der Waals surface area contributed by atoms with Crippen LogP contribution in [0.4, 0.5) is 0 Å². The summed E-state index contributed by atoms with van der Waals surface area (Å²) < 4.78 is 1.13. The summed E-state index contributed by atoms with van der Waals surface area (Å²) in [6, 6.07) is 19.5. The average Bonchev–Trinajstić information content (AvgIpc) is 3.26. The van der Waals surface area contributed by atoms with Crippen LogP contribution in [0.3, 0.4) is 0 Å². The van der Waals surface area contributed by atoms with Crippen LogP contribution in [0.1, 0.15) is 23.5 Å². The minimum atomic E-state index is 0.342. The SMILES string of the molecule is NNC(Cc1cccc(Br)c1)C1CC1c1ccccc1. The van der Waals surface area contributed by atoms with Gasteiger partial charge in [-0.25, -0.2) is 0 Å². The van der Waals surface area contributed by atoms with Gasteiger partial charge in [0.05, 0.1) is 0 Å². The molecule has 0 spiro atoms. The fourth-order valence-corrected chi connectivity index (χ4v) is 3.44. The van der Waals surface area contributed by atoms with Gasteiger partial charge in [-0.05, 0) is 47.9 Å². The molecule has 2 aromatic carbocycles. The van der Waals surface area contributed by atoms with Crippen LogP contribution in [0.25, 0.3) is 0 Å². The molecular weight excluding hydrogens is 312 g/mol. The molecule has 0 saturated heterocycles. The Bertz CT molecular complexity index is 570. The monoisotopic (exact) mass is 330 g/mol. The minimum Gasteiger partial charge on any atom is -0.271 e. The Morgan fingerprint density at radius 2 is 1.95 bits per heavy atom. The van der Waals surface area contributed by atoms with Crippen molar-refractivity contribution in [2.45, 2.75) is 24.8 Å². The second-order valence-electron chi connectivity index (χ2n) is 5.52. The van der Waals surface area contributed by atoms with E-state index in [1.807, 2.05) is 0 Å². The summed E-state index contributed by atoms with van der Waals surface area (Å²) in [5, 5.41) is 0. The van der Waals surface area contributed by atoms with Crippen molar-refractivity contribution in [1.29, 1.82) is 0 Å². The fraction of sp³-hybridized carbons (Fsp3) is 0.294. The average molecular weight is 331 g/mol. The highest BCUT2D eigenvalue weighted by molar-refractivity contribution is 9.10. The van der Waals surface area contributed by atoms with Crippen molar-refractivity contribution >= 4 is 15.9 Å². The molecule has 3 atom stereocenters. The smallest absolute Gasteiger partial charge is 0.0285 e. The summed E-state index contributed by atoms with van der Waals surface area (Å²) in [5.41, 5.74) is 5.77. The number of hydrazine groups is 1. The van der Waals surface area contributed by atoms with E-state index in [0.29, 0.717) is 17.9 Å². The van der Waals surface area contributed by atoms with Gasteiger partial charge in [0.25, 0.3) is 0 Å². The number of halogens is 1. The molecule has 3 rings (SSSR count). The highest BCUT2D eigenvalue weighted by Gasteiger charge is 2.43. The summed E-state index contributed by atoms with van der Waals surface area (Å²) in [7, 11) is 0. The third kappa shape index (κ3) is 3.11. The number of benzene rings is 2. The first-order chi connectivity index (χ1) is 9.78. The van der Waals surface area contributed by atoms with Crippen molar-refractivity contribution in [3.8, 4) is 0 Å². The zero-order chi connectivity index (χ0) is 13.9. The van der Waals surface area contributed by atoms with Gasteiger partial charge in [-0.3, -0.25) is 11.3 Å². The van der Waals surface area contributed by atoms with E-state index in [9.17, 15) is 0 Å². The Morgan fingerprint density at radius 1 is 1.15 bits per heavy atom. The molecule has 0 bridgehead atoms. The molecule has 2 aromatic rings. The Hall–Kier alpha value is -1.16. The largest absolute Gasteiger partial charge is 0.271 e.